The summed E-state index contributed by atoms with van der Waals surface area (Å²) in [6.07, 6.45) is 0. The van der Waals surface area contributed by atoms with Crippen molar-refractivity contribution < 1.29 is 8.78 Å². The molecule has 0 rings (SSSR count). The van der Waals surface area contributed by atoms with Crippen LogP contribution in [0.15, 0.2) is 9.66 Å². The summed E-state index contributed by atoms with van der Waals surface area (Å²) in [5.41, 5.74) is 0. The van der Waals surface area contributed by atoms with Gasteiger partial charge in [-0.25, -0.2) is 4.39 Å². The Hall–Kier alpha value is 0.330. The van der Waals surface area contributed by atoms with Crippen LogP contribution in [0.4, 0.5) is 8.78 Å². The van der Waals surface area contributed by atoms with Crippen LogP contribution in [-0.4, -0.2) is 0 Å². The maximum atomic E-state index is 11.3. The fourth-order valence-electron chi connectivity index (χ4n) is 0. The largest absolute Gasteiger partial charge is 0.208 e. The summed E-state index contributed by atoms with van der Waals surface area (Å²) in [6, 6.07) is 0. The molecule has 0 aliphatic rings. The Bertz CT molecular complexity index is 58.9. The quantitative estimate of drug-likeness (QED) is 0.532. The molecule has 0 aromatic heterocycles. The fraction of sp³-hybridized carbons (Fsp3) is 0.333. The lowest BCUT2D eigenvalue weighted by atomic mass is 10.7. The van der Waals surface area contributed by atoms with E-state index in [1.807, 2.05) is 0 Å². The van der Waals surface area contributed by atoms with E-state index >= 15 is 0 Å². The van der Waals surface area contributed by atoms with E-state index in [1.165, 1.54) is 22.6 Å². The minimum atomic E-state index is -0.771. The van der Waals surface area contributed by atoms with Crippen molar-refractivity contribution in [3.8, 4) is 0 Å². The zero-order chi connectivity index (χ0) is 5.15. The van der Waals surface area contributed by atoms with Gasteiger partial charge in [0, 0.05) is 0 Å². The average molecular weight is 204 g/mol. The molecule has 0 aromatic rings. The van der Waals surface area contributed by atoms with E-state index in [9.17, 15) is 8.78 Å². The van der Waals surface area contributed by atoms with E-state index in [1.54, 1.807) is 0 Å². The van der Waals surface area contributed by atoms with Gasteiger partial charge in [0.25, 0.3) is 0 Å². The molecule has 0 atom stereocenters. The zero-order valence-electron chi connectivity index (χ0n) is 3.13. The van der Waals surface area contributed by atoms with Crippen molar-refractivity contribution in [2.75, 3.05) is 0 Å². The number of halogens is 3. The monoisotopic (exact) mass is 204 g/mol. The predicted octanol–water partition coefficient (Wildman–Crippen LogP) is 2.55. The number of hydrogen-bond donors (Lipinski definition) is 0. The SMILES string of the molecule is CC(F)=C(F)I. The van der Waals surface area contributed by atoms with E-state index in [-0.39, 0.29) is 0 Å². The van der Waals surface area contributed by atoms with Gasteiger partial charge in [0.15, 0.2) is 3.83 Å². The Kier molecular flexibility index (Phi) is 2.63. The Balaban J connectivity index is 3.68. The van der Waals surface area contributed by atoms with Gasteiger partial charge >= 0.3 is 0 Å². The molecule has 0 aromatic carbocycles. The van der Waals surface area contributed by atoms with Gasteiger partial charge in [-0.05, 0) is 29.5 Å². The Labute approximate surface area is 48.4 Å². The third-order valence-corrected chi connectivity index (χ3v) is 1.00. The summed E-state index contributed by atoms with van der Waals surface area (Å²) in [5, 5.41) is 0. The van der Waals surface area contributed by atoms with Gasteiger partial charge < -0.3 is 0 Å². The summed E-state index contributed by atoms with van der Waals surface area (Å²) in [7, 11) is 0. The molecule has 0 nitrogen and oxygen atoms in total. The van der Waals surface area contributed by atoms with Crippen molar-refractivity contribution in [3.63, 3.8) is 0 Å². The highest BCUT2D eigenvalue weighted by Gasteiger charge is 1.88. The van der Waals surface area contributed by atoms with E-state index in [0.29, 0.717) is 0 Å². The molecule has 0 saturated carbocycles. The first-order chi connectivity index (χ1) is 2.64. The van der Waals surface area contributed by atoms with E-state index in [0.717, 1.165) is 6.92 Å². The molecular formula is C3H3F2I. The predicted molar refractivity (Wildman–Crippen MR) is 28.9 cm³/mol. The molecule has 0 bridgehead atoms. The van der Waals surface area contributed by atoms with Crippen molar-refractivity contribution in [2.45, 2.75) is 6.92 Å². The number of rotatable bonds is 0. The smallest absolute Gasteiger partial charge is 0.191 e. The molecule has 0 unspecified atom stereocenters. The zero-order valence-corrected chi connectivity index (χ0v) is 5.29. The minimum absolute atomic E-state index is 0.754. The van der Waals surface area contributed by atoms with Gasteiger partial charge in [0.2, 0.25) is 0 Å². The molecule has 0 N–H and O–H groups in total. The normalized spacial score (nSPS) is 14.0. The molecule has 0 fully saturated rings. The van der Waals surface area contributed by atoms with Crippen molar-refractivity contribution in [2.24, 2.45) is 0 Å². The Morgan fingerprint density at radius 1 is 1.50 bits per heavy atom. The molecule has 36 valence electrons. The molecule has 0 aliphatic carbocycles. The molecule has 6 heavy (non-hydrogen) atoms. The first kappa shape index (κ1) is 6.33. The second-order valence-corrected chi connectivity index (χ2v) is 1.74. The molecule has 0 amide bonds. The van der Waals surface area contributed by atoms with Crippen LogP contribution >= 0.6 is 22.6 Å². The first-order valence-electron chi connectivity index (χ1n) is 1.32. The van der Waals surface area contributed by atoms with Gasteiger partial charge in [-0.15, -0.1) is 0 Å². The van der Waals surface area contributed by atoms with Gasteiger partial charge in [0.05, 0.1) is 0 Å². The molecular weight excluding hydrogens is 201 g/mol. The van der Waals surface area contributed by atoms with Crippen molar-refractivity contribution in [1.29, 1.82) is 0 Å². The highest BCUT2D eigenvalue weighted by Crippen LogP contribution is 2.13. The van der Waals surface area contributed by atoms with Crippen LogP contribution in [0, 0.1) is 0 Å². The van der Waals surface area contributed by atoms with Crippen LogP contribution in [0.5, 0.6) is 0 Å². The fourth-order valence-corrected chi connectivity index (χ4v) is 0. The number of allylic oxidation sites excluding steroid dienone is 1. The average Bonchev–Trinajstić information content (AvgIpc) is 1.36. The molecule has 0 heterocycles. The topological polar surface area (TPSA) is 0 Å². The van der Waals surface area contributed by atoms with Gasteiger partial charge in [0.1, 0.15) is 5.83 Å². The van der Waals surface area contributed by atoms with Gasteiger partial charge in [-0.1, -0.05) is 0 Å². The van der Waals surface area contributed by atoms with E-state index in [4.69, 9.17) is 0 Å². The van der Waals surface area contributed by atoms with E-state index < -0.39 is 9.66 Å². The summed E-state index contributed by atoms with van der Waals surface area (Å²) in [4.78, 5) is 0. The highest BCUT2D eigenvalue weighted by molar-refractivity contribution is 14.1. The van der Waals surface area contributed by atoms with Crippen molar-refractivity contribution in [3.05, 3.63) is 9.66 Å². The molecule has 0 saturated heterocycles. The Morgan fingerprint density at radius 2 is 1.67 bits per heavy atom. The second-order valence-electron chi connectivity index (χ2n) is 0.794. The van der Waals surface area contributed by atoms with Crippen LogP contribution in [-0.2, 0) is 0 Å². The molecule has 3 heteroatoms. The van der Waals surface area contributed by atoms with Gasteiger partial charge in [-0.3, -0.25) is 0 Å². The highest BCUT2D eigenvalue weighted by atomic mass is 127. The summed E-state index contributed by atoms with van der Waals surface area (Å²) in [5.74, 6) is -0.754. The summed E-state index contributed by atoms with van der Waals surface area (Å²) in [6.45, 7) is 1.07. The second kappa shape index (κ2) is 2.49. The lowest BCUT2D eigenvalue weighted by molar-refractivity contribution is 0.580. The third kappa shape index (κ3) is 2.56. The van der Waals surface area contributed by atoms with Crippen LogP contribution in [0.1, 0.15) is 6.92 Å². The van der Waals surface area contributed by atoms with Crippen LogP contribution in [0.25, 0.3) is 0 Å². The maximum Gasteiger partial charge on any atom is 0.191 e. The molecule has 0 spiro atoms. The van der Waals surface area contributed by atoms with Gasteiger partial charge in [-0.2, -0.15) is 4.39 Å². The summed E-state index contributed by atoms with van der Waals surface area (Å²) >= 11 is 1.27. The van der Waals surface area contributed by atoms with Crippen LogP contribution in [0.2, 0.25) is 0 Å². The van der Waals surface area contributed by atoms with E-state index in [2.05, 4.69) is 0 Å². The lowest BCUT2D eigenvalue weighted by Gasteiger charge is -1.76. The van der Waals surface area contributed by atoms with Crippen molar-refractivity contribution >= 4 is 22.6 Å². The molecule has 0 aliphatic heterocycles. The third-order valence-electron chi connectivity index (χ3n) is 0.260. The van der Waals surface area contributed by atoms with Crippen LogP contribution < -0.4 is 0 Å². The number of hydrogen-bond acceptors (Lipinski definition) is 0. The minimum Gasteiger partial charge on any atom is -0.208 e. The Morgan fingerprint density at radius 3 is 1.67 bits per heavy atom. The summed E-state index contributed by atoms with van der Waals surface area (Å²) < 4.78 is 21.9. The maximum absolute atomic E-state index is 11.3. The first-order valence-corrected chi connectivity index (χ1v) is 2.40. The van der Waals surface area contributed by atoms with Crippen LogP contribution in [0.3, 0.4) is 0 Å². The van der Waals surface area contributed by atoms with Crippen molar-refractivity contribution in [1.82, 2.24) is 0 Å². The lowest BCUT2D eigenvalue weighted by Crippen LogP contribution is -1.56. The molecule has 0 radical (unpaired) electrons. The standard InChI is InChI=1S/C3H3F2I/c1-2(4)3(5)6/h1H3.